The van der Waals surface area contributed by atoms with Gasteiger partial charge in [-0.25, -0.2) is 10.2 Å². The highest BCUT2D eigenvalue weighted by Crippen LogP contribution is 2.22. The fraction of sp³-hybridized carbons (Fsp3) is 0.0833. The van der Waals surface area contributed by atoms with Crippen LogP contribution in [0.5, 0.6) is 5.75 Å². The molecule has 32 heavy (non-hydrogen) atoms. The molecule has 0 radical (unpaired) electrons. The molecule has 0 saturated carbocycles. The van der Waals surface area contributed by atoms with Crippen LogP contribution in [0.25, 0.3) is 0 Å². The molecule has 0 bridgehead atoms. The molecule has 0 unspecified atom stereocenters. The summed E-state index contributed by atoms with van der Waals surface area (Å²) < 4.78 is 5.34. The normalized spacial score (nSPS) is 10.6. The van der Waals surface area contributed by atoms with E-state index in [1.807, 2.05) is 13.0 Å². The molecule has 0 atom stereocenters. The lowest BCUT2D eigenvalue weighted by Crippen LogP contribution is -2.32. The first kappa shape index (κ1) is 22.7. The molecule has 0 saturated heterocycles. The van der Waals surface area contributed by atoms with E-state index >= 15 is 0 Å². The lowest BCUT2D eigenvalue weighted by Gasteiger charge is -2.08. The summed E-state index contributed by atoms with van der Waals surface area (Å²) in [5, 5.41) is 6.74. The topological polar surface area (TPSA) is 96.9 Å². The van der Waals surface area contributed by atoms with E-state index in [9.17, 15) is 14.4 Å². The SMILES string of the molecule is Cc1cccc(C(=O)Oc2ccc(C=NNC(=O)C(=O)Nc3cccc(Cl)c3C)cc2)c1. The second kappa shape index (κ2) is 10.4. The molecule has 162 valence electrons. The van der Waals surface area contributed by atoms with Crippen LogP contribution in [0, 0.1) is 13.8 Å². The van der Waals surface area contributed by atoms with Gasteiger partial charge in [-0.3, -0.25) is 9.59 Å². The first-order valence-electron chi connectivity index (χ1n) is 9.62. The summed E-state index contributed by atoms with van der Waals surface area (Å²) in [4.78, 5) is 36.1. The van der Waals surface area contributed by atoms with Gasteiger partial charge in [-0.05, 0) is 73.5 Å². The Balaban J connectivity index is 1.53. The Morgan fingerprint density at radius 2 is 1.66 bits per heavy atom. The minimum absolute atomic E-state index is 0.369. The summed E-state index contributed by atoms with van der Waals surface area (Å²) >= 11 is 6.00. The molecule has 0 aromatic heterocycles. The standard InChI is InChI=1S/C24H20ClN3O4/c1-15-5-3-6-18(13-15)24(31)32-19-11-9-17(10-12-19)14-26-28-23(30)22(29)27-21-8-4-7-20(25)16(21)2/h3-14H,1-2H3,(H,27,29)(H,28,30). The maximum Gasteiger partial charge on any atom is 0.343 e. The third kappa shape index (κ3) is 6.02. The minimum atomic E-state index is -0.927. The Morgan fingerprint density at radius 3 is 2.38 bits per heavy atom. The third-order valence-electron chi connectivity index (χ3n) is 4.45. The fourth-order valence-electron chi connectivity index (χ4n) is 2.70. The summed E-state index contributed by atoms with van der Waals surface area (Å²) in [6.45, 7) is 3.63. The van der Waals surface area contributed by atoms with E-state index < -0.39 is 17.8 Å². The number of esters is 1. The number of hydrazone groups is 1. The van der Waals surface area contributed by atoms with Crippen molar-refractivity contribution in [2.24, 2.45) is 5.10 Å². The number of rotatable bonds is 5. The van der Waals surface area contributed by atoms with Crippen LogP contribution in [0.15, 0.2) is 71.8 Å². The average Bonchev–Trinajstić information content (AvgIpc) is 2.78. The van der Waals surface area contributed by atoms with Gasteiger partial charge < -0.3 is 10.1 Å². The number of carbonyl (C=O) groups excluding carboxylic acids is 3. The largest absolute Gasteiger partial charge is 0.423 e. The lowest BCUT2D eigenvalue weighted by molar-refractivity contribution is -0.136. The van der Waals surface area contributed by atoms with Gasteiger partial charge in [0.15, 0.2) is 0 Å². The molecule has 3 aromatic carbocycles. The minimum Gasteiger partial charge on any atom is -0.423 e. The number of ether oxygens (including phenoxy) is 1. The smallest absolute Gasteiger partial charge is 0.343 e. The van der Waals surface area contributed by atoms with E-state index in [4.69, 9.17) is 16.3 Å². The van der Waals surface area contributed by atoms with E-state index in [1.165, 1.54) is 6.21 Å². The number of aryl methyl sites for hydroxylation is 1. The van der Waals surface area contributed by atoms with Crippen molar-refractivity contribution in [3.63, 3.8) is 0 Å². The van der Waals surface area contributed by atoms with Crippen LogP contribution in [-0.2, 0) is 9.59 Å². The molecule has 2 N–H and O–H groups in total. The summed E-state index contributed by atoms with van der Waals surface area (Å²) in [7, 11) is 0. The first-order chi connectivity index (χ1) is 15.3. The molecular formula is C24H20ClN3O4. The van der Waals surface area contributed by atoms with E-state index in [0.29, 0.717) is 33.1 Å². The average molecular weight is 450 g/mol. The zero-order valence-corrected chi connectivity index (χ0v) is 18.1. The second-order valence-corrected chi connectivity index (χ2v) is 7.30. The predicted molar refractivity (Wildman–Crippen MR) is 123 cm³/mol. The summed E-state index contributed by atoms with van der Waals surface area (Å²) in [5.41, 5.74) is 5.31. The van der Waals surface area contributed by atoms with Crippen LogP contribution < -0.4 is 15.5 Å². The molecule has 0 spiro atoms. The van der Waals surface area contributed by atoms with Gasteiger partial charge in [-0.1, -0.05) is 35.4 Å². The Labute approximate surface area is 190 Å². The van der Waals surface area contributed by atoms with Crippen molar-refractivity contribution >= 4 is 41.3 Å². The number of hydrogen-bond donors (Lipinski definition) is 2. The third-order valence-corrected chi connectivity index (χ3v) is 4.86. The highest BCUT2D eigenvalue weighted by Gasteiger charge is 2.14. The van der Waals surface area contributed by atoms with Gasteiger partial charge in [0.05, 0.1) is 11.8 Å². The number of hydrogen-bond acceptors (Lipinski definition) is 5. The van der Waals surface area contributed by atoms with Crippen molar-refractivity contribution in [3.8, 4) is 5.75 Å². The molecule has 0 aliphatic heterocycles. The summed E-state index contributed by atoms with van der Waals surface area (Å²) in [6.07, 6.45) is 1.36. The fourth-order valence-corrected chi connectivity index (χ4v) is 2.87. The molecule has 0 fully saturated rings. The van der Waals surface area contributed by atoms with Crippen molar-refractivity contribution in [3.05, 3.63) is 94.0 Å². The Hall–Kier alpha value is -3.97. The summed E-state index contributed by atoms with van der Waals surface area (Å²) in [5.74, 6) is -1.88. The van der Waals surface area contributed by atoms with Gasteiger partial charge >= 0.3 is 17.8 Å². The Kier molecular flexibility index (Phi) is 7.36. The number of halogens is 1. The first-order valence-corrected chi connectivity index (χ1v) is 9.99. The highest BCUT2D eigenvalue weighted by atomic mass is 35.5. The molecular weight excluding hydrogens is 430 g/mol. The molecule has 7 nitrogen and oxygen atoms in total. The van der Waals surface area contributed by atoms with Gasteiger partial charge in [0, 0.05) is 10.7 Å². The lowest BCUT2D eigenvalue weighted by atomic mass is 10.1. The number of nitrogens with zero attached hydrogens (tertiary/aromatic N) is 1. The van der Waals surface area contributed by atoms with Gasteiger partial charge in [0.1, 0.15) is 5.75 Å². The van der Waals surface area contributed by atoms with Crippen LogP contribution in [-0.4, -0.2) is 24.0 Å². The maximum absolute atomic E-state index is 12.2. The van der Waals surface area contributed by atoms with Crippen molar-refractivity contribution in [2.75, 3.05) is 5.32 Å². The monoisotopic (exact) mass is 449 g/mol. The zero-order chi connectivity index (χ0) is 23.1. The number of anilines is 1. The molecule has 0 heterocycles. The van der Waals surface area contributed by atoms with Crippen LogP contribution in [0.3, 0.4) is 0 Å². The van der Waals surface area contributed by atoms with Gasteiger partial charge in [0.25, 0.3) is 0 Å². The second-order valence-electron chi connectivity index (χ2n) is 6.89. The number of amides is 2. The molecule has 8 heteroatoms. The van der Waals surface area contributed by atoms with Gasteiger partial charge in [-0.2, -0.15) is 5.10 Å². The predicted octanol–water partition coefficient (Wildman–Crippen LogP) is 4.26. The van der Waals surface area contributed by atoms with E-state index in [-0.39, 0.29) is 0 Å². The van der Waals surface area contributed by atoms with Crippen molar-refractivity contribution in [1.29, 1.82) is 0 Å². The van der Waals surface area contributed by atoms with Crippen LogP contribution in [0.1, 0.15) is 27.0 Å². The van der Waals surface area contributed by atoms with Crippen molar-refractivity contribution in [1.82, 2.24) is 5.43 Å². The van der Waals surface area contributed by atoms with Gasteiger partial charge in [0.2, 0.25) is 0 Å². The maximum atomic E-state index is 12.2. The van der Waals surface area contributed by atoms with Crippen LogP contribution in [0.2, 0.25) is 5.02 Å². The van der Waals surface area contributed by atoms with E-state index in [2.05, 4.69) is 15.8 Å². The zero-order valence-electron chi connectivity index (χ0n) is 17.4. The van der Waals surface area contributed by atoms with Crippen LogP contribution >= 0.6 is 11.6 Å². The van der Waals surface area contributed by atoms with Gasteiger partial charge in [-0.15, -0.1) is 0 Å². The number of carbonyl (C=O) groups is 3. The van der Waals surface area contributed by atoms with Crippen molar-refractivity contribution in [2.45, 2.75) is 13.8 Å². The van der Waals surface area contributed by atoms with E-state index in [0.717, 1.165) is 5.56 Å². The summed E-state index contributed by atoms with van der Waals surface area (Å²) in [6, 6.07) is 18.6. The molecule has 3 rings (SSSR count). The molecule has 0 aliphatic carbocycles. The number of benzene rings is 3. The highest BCUT2D eigenvalue weighted by molar-refractivity contribution is 6.40. The molecule has 2 amide bonds. The van der Waals surface area contributed by atoms with Crippen LogP contribution in [0.4, 0.5) is 5.69 Å². The Morgan fingerprint density at radius 1 is 0.938 bits per heavy atom. The van der Waals surface area contributed by atoms with E-state index in [1.54, 1.807) is 67.6 Å². The number of nitrogens with one attached hydrogen (secondary N) is 2. The Bertz CT molecular complexity index is 1190. The molecule has 3 aromatic rings. The quantitative estimate of drug-likeness (QED) is 0.200. The van der Waals surface area contributed by atoms with Crippen molar-refractivity contribution < 1.29 is 19.1 Å². The molecule has 0 aliphatic rings.